The predicted molar refractivity (Wildman–Crippen MR) is 67.6 cm³/mol. The van der Waals surface area contributed by atoms with E-state index in [1.54, 1.807) is 0 Å². The van der Waals surface area contributed by atoms with Crippen molar-refractivity contribution >= 4 is 39.0 Å². The van der Waals surface area contributed by atoms with Crippen LogP contribution in [0.15, 0.2) is 59.1 Å². The molecule has 0 unspecified atom stereocenters. The Morgan fingerprint density at radius 2 is 1.21 bits per heavy atom. The number of hydrogen-bond donors (Lipinski definition) is 0. The minimum Gasteiger partial charge on any atom is -1.00 e. The normalized spacial score (nSPS) is 9.21. The maximum Gasteiger partial charge on any atom is 2.00 e. The monoisotopic (exact) mass is 258 g/mol. The Labute approximate surface area is 112 Å². The van der Waals surface area contributed by atoms with Crippen LogP contribution in [0.2, 0.25) is 0 Å². The molecule has 0 saturated heterocycles. The Bertz CT molecular complexity index is 390. The minimum atomic E-state index is 0. The molecule has 0 heterocycles. The van der Waals surface area contributed by atoms with Gasteiger partial charge in [-0.25, -0.2) is 0 Å². The first kappa shape index (κ1) is 11.8. The van der Waals surface area contributed by atoms with Crippen molar-refractivity contribution in [3.8, 4) is 11.1 Å². The summed E-state index contributed by atoms with van der Waals surface area (Å²) in [4.78, 5) is 0. The average Bonchev–Trinajstić information content (AvgIpc) is 2.20. The summed E-state index contributed by atoms with van der Waals surface area (Å²) in [6, 6.07) is 18.7. The van der Waals surface area contributed by atoms with Crippen molar-refractivity contribution in [3.63, 3.8) is 0 Å². The van der Waals surface area contributed by atoms with Crippen LogP contribution < -0.4 is 0 Å². The number of halogens is 1. The Morgan fingerprint density at radius 1 is 0.714 bits per heavy atom. The summed E-state index contributed by atoms with van der Waals surface area (Å²) in [6.07, 6.45) is 0. The van der Waals surface area contributed by atoms with Gasteiger partial charge in [-0.3, -0.25) is 0 Å². The second-order valence-electron chi connectivity index (χ2n) is 2.87. The molecule has 0 aliphatic carbocycles. The van der Waals surface area contributed by atoms with Gasteiger partial charge in [-0.05, 0) is 23.3 Å². The Hall–Kier alpha value is -0.314. The van der Waals surface area contributed by atoms with Crippen LogP contribution in [0.3, 0.4) is 0 Å². The van der Waals surface area contributed by atoms with Gasteiger partial charge in [-0.15, -0.1) is 0 Å². The minimum absolute atomic E-state index is 0. The molecule has 0 nitrogen and oxygen atoms in total. The molecule has 2 aromatic carbocycles. The van der Waals surface area contributed by atoms with E-state index in [0.29, 0.717) is 0 Å². The zero-order valence-corrected chi connectivity index (χ0v) is 10.8. The van der Waals surface area contributed by atoms with Crippen molar-refractivity contribution in [1.82, 2.24) is 0 Å². The predicted octanol–water partition coefficient (Wildman–Crippen LogP) is 3.96. The van der Waals surface area contributed by atoms with Gasteiger partial charge in [0.05, 0.1) is 0 Å². The Balaban J connectivity index is 0. The summed E-state index contributed by atoms with van der Waals surface area (Å²) >= 11 is 3.42. The number of rotatable bonds is 1. The van der Waals surface area contributed by atoms with Crippen molar-refractivity contribution in [3.05, 3.63) is 59.1 Å². The Morgan fingerprint density at radius 3 is 1.79 bits per heavy atom. The summed E-state index contributed by atoms with van der Waals surface area (Å²) < 4.78 is 1.12. The van der Waals surface area contributed by atoms with E-state index < -0.39 is 0 Å². The van der Waals surface area contributed by atoms with E-state index in [0.717, 1.165) is 4.47 Å². The van der Waals surface area contributed by atoms with Gasteiger partial charge in [0.1, 0.15) is 0 Å². The standard InChI is InChI=1S/C12H9Br.Mg.2H/c13-12-8-6-11(7-9-12)10-4-2-1-3-5-10;;;/h1-9H;;;/q;+2;2*-1. The molecule has 0 fully saturated rings. The van der Waals surface area contributed by atoms with Gasteiger partial charge >= 0.3 is 23.1 Å². The quantitative estimate of drug-likeness (QED) is 0.680. The molecule has 0 amide bonds. The molecule has 0 aliphatic heterocycles. The molecular formula is C12H11BrMg. The molecule has 68 valence electrons. The first-order valence-corrected chi connectivity index (χ1v) is 4.96. The molecular weight excluding hydrogens is 248 g/mol. The SMILES string of the molecule is Brc1ccc(-c2ccccc2)cc1.[H-].[H-].[Mg+2]. The molecule has 0 aromatic heterocycles. The molecule has 0 N–H and O–H groups in total. The second kappa shape index (κ2) is 5.54. The van der Waals surface area contributed by atoms with E-state index in [9.17, 15) is 0 Å². The maximum atomic E-state index is 3.42. The van der Waals surface area contributed by atoms with Gasteiger partial charge in [-0.1, -0.05) is 58.4 Å². The summed E-state index contributed by atoms with van der Waals surface area (Å²) in [5, 5.41) is 0. The van der Waals surface area contributed by atoms with Crippen LogP contribution in [0.4, 0.5) is 0 Å². The molecule has 0 spiro atoms. The van der Waals surface area contributed by atoms with E-state index >= 15 is 0 Å². The number of hydrogen-bond acceptors (Lipinski definition) is 0. The van der Waals surface area contributed by atoms with Gasteiger partial charge < -0.3 is 2.85 Å². The first-order chi connectivity index (χ1) is 6.36. The van der Waals surface area contributed by atoms with Crippen LogP contribution in [0.5, 0.6) is 0 Å². The fourth-order valence-electron chi connectivity index (χ4n) is 1.27. The van der Waals surface area contributed by atoms with Crippen LogP contribution in [-0.4, -0.2) is 23.1 Å². The van der Waals surface area contributed by atoms with Gasteiger partial charge in [-0.2, -0.15) is 0 Å². The first-order valence-electron chi connectivity index (χ1n) is 4.17. The molecule has 2 aromatic rings. The van der Waals surface area contributed by atoms with Crippen LogP contribution in [-0.2, 0) is 0 Å². The van der Waals surface area contributed by atoms with Crippen LogP contribution in [0.1, 0.15) is 2.85 Å². The molecule has 14 heavy (non-hydrogen) atoms. The molecule has 0 atom stereocenters. The van der Waals surface area contributed by atoms with Crippen LogP contribution in [0, 0.1) is 0 Å². The van der Waals surface area contributed by atoms with E-state index in [2.05, 4.69) is 64.5 Å². The van der Waals surface area contributed by atoms with Crippen molar-refractivity contribution in [1.29, 1.82) is 0 Å². The summed E-state index contributed by atoms with van der Waals surface area (Å²) in [7, 11) is 0. The largest absolute Gasteiger partial charge is 2.00 e. The molecule has 0 bridgehead atoms. The van der Waals surface area contributed by atoms with Gasteiger partial charge in [0.2, 0.25) is 0 Å². The average molecular weight is 259 g/mol. The molecule has 0 radical (unpaired) electrons. The molecule has 0 aliphatic rings. The zero-order chi connectivity index (χ0) is 9.10. The summed E-state index contributed by atoms with van der Waals surface area (Å²) in [5.41, 5.74) is 2.51. The van der Waals surface area contributed by atoms with Crippen molar-refractivity contribution < 1.29 is 2.85 Å². The zero-order valence-electron chi connectivity index (χ0n) is 9.78. The van der Waals surface area contributed by atoms with Gasteiger partial charge in [0.25, 0.3) is 0 Å². The maximum absolute atomic E-state index is 3.42. The summed E-state index contributed by atoms with van der Waals surface area (Å²) in [6.45, 7) is 0. The third kappa shape index (κ3) is 2.84. The van der Waals surface area contributed by atoms with Crippen LogP contribution in [0.25, 0.3) is 11.1 Å². The van der Waals surface area contributed by atoms with Gasteiger partial charge in [0, 0.05) is 4.47 Å². The Kier molecular flexibility index (Phi) is 4.65. The van der Waals surface area contributed by atoms with Crippen molar-refractivity contribution in [2.24, 2.45) is 0 Å². The third-order valence-electron chi connectivity index (χ3n) is 1.95. The third-order valence-corrected chi connectivity index (χ3v) is 2.48. The summed E-state index contributed by atoms with van der Waals surface area (Å²) in [5.74, 6) is 0. The van der Waals surface area contributed by atoms with E-state index in [1.165, 1.54) is 11.1 Å². The smallest absolute Gasteiger partial charge is 1.00 e. The van der Waals surface area contributed by atoms with E-state index in [-0.39, 0.29) is 25.9 Å². The topological polar surface area (TPSA) is 0 Å². The van der Waals surface area contributed by atoms with Crippen molar-refractivity contribution in [2.45, 2.75) is 0 Å². The molecule has 2 rings (SSSR count). The molecule has 2 heteroatoms. The van der Waals surface area contributed by atoms with E-state index in [1.807, 2.05) is 6.07 Å². The van der Waals surface area contributed by atoms with Crippen molar-refractivity contribution in [2.75, 3.05) is 0 Å². The van der Waals surface area contributed by atoms with Crippen LogP contribution >= 0.6 is 15.9 Å². The molecule has 0 saturated carbocycles. The second-order valence-corrected chi connectivity index (χ2v) is 3.79. The fraction of sp³-hybridized carbons (Fsp3) is 0. The van der Waals surface area contributed by atoms with E-state index in [4.69, 9.17) is 0 Å². The number of benzene rings is 2. The van der Waals surface area contributed by atoms with Gasteiger partial charge in [0.15, 0.2) is 0 Å². The fourth-order valence-corrected chi connectivity index (χ4v) is 1.54.